The van der Waals surface area contributed by atoms with Crippen molar-refractivity contribution < 1.29 is 8.42 Å². The minimum absolute atomic E-state index is 0.0459. The molecule has 1 atom stereocenters. The Bertz CT molecular complexity index is 480. The predicted molar refractivity (Wildman–Crippen MR) is 64.6 cm³/mol. The first-order chi connectivity index (χ1) is 7.98. The van der Waals surface area contributed by atoms with Crippen LogP contribution in [0.5, 0.6) is 0 Å². The fourth-order valence-electron chi connectivity index (χ4n) is 2.06. The van der Waals surface area contributed by atoms with Crippen LogP contribution in [-0.2, 0) is 16.3 Å². The molecule has 1 aromatic rings. The van der Waals surface area contributed by atoms with Crippen molar-refractivity contribution in [2.75, 3.05) is 18.1 Å². The summed E-state index contributed by atoms with van der Waals surface area (Å²) in [6.07, 6.45) is 2.30. The second-order valence-corrected chi connectivity index (χ2v) is 6.95. The van der Waals surface area contributed by atoms with Gasteiger partial charge in [0.15, 0.2) is 9.84 Å². The number of nitrogens with zero attached hydrogens (tertiary/aromatic N) is 3. The van der Waals surface area contributed by atoms with E-state index in [1.165, 1.54) is 0 Å². The molecule has 0 radical (unpaired) electrons. The quantitative estimate of drug-likeness (QED) is 0.811. The number of nitrogens with one attached hydrogen (secondary N) is 1. The van der Waals surface area contributed by atoms with Gasteiger partial charge in [-0.25, -0.2) is 8.42 Å². The molecule has 0 aliphatic carbocycles. The van der Waals surface area contributed by atoms with Gasteiger partial charge in [-0.2, -0.15) is 0 Å². The maximum Gasteiger partial charge on any atom is 0.153 e. The summed E-state index contributed by atoms with van der Waals surface area (Å²) in [6, 6.07) is 0.246. The minimum Gasteiger partial charge on any atom is -0.315 e. The Balaban J connectivity index is 2.08. The third kappa shape index (κ3) is 3.04. The Morgan fingerprint density at radius 3 is 3.00 bits per heavy atom. The second kappa shape index (κ2) is 4.73. The maximum atomic E-state index is 11.5. The molecule has 1 N–H and O–H groups in total. The summed E-state index contributed by atoms with van der Waals surface area (Å²) >= 11 is 0. The fraction of sp³-hybridized carbons (Fsp3) is 0.800. The SMILES string of the molecule is CC(C)n1cnnc1CC1CS(=O)(=O)CCN1. The lowest BCUT2D eigenvalue weighted by Crippen LogP contribution is -2.46. The van der Waals surface area contributed by atoms with Crippen molar-refractivity contribution in [1.29, 1.82) is 0 Å². The van der Waals surface area contributed by atoms with E-state index in [0.29, 0.717) is 19.0 Å². The first kappa shape index (κ1) is 12.5. The molecule has 1 aromatic heterocycles. The van der Waals surface area contributed by atoms with Crippen LogP contribution in [0.25, 0.3) is 0 Å². The number of hydrogen-bond donors (Lipinski definition) is 1. The largest absolute Gasteiger partial charge is 0.315 e. The minimum atomic E-state index is -2.89. The van der Waals surface area contributed by atoms with Crippen molar-refractivity contribution in [1.82, 2.24) is 20.1 Å². The van der Waals surface area contributed by atoms with Crippen LogP contribution >= 0.6 is 0 Å². The topological polar surface area (TPSA) is 76.9 Å². The van der Waals surface area contributed by atoms with Gasteiger partial charge in [0.1, 0.15) is 12.2 Å². The molecule has 7 heteroatoms. The van der Waals surface area contributed by atoms with Gasteiger partial charge in [-0.05, 0) is 13.8 Å². The smallest absolute Gasteiger partial charge is 0.153 e. The highest BCUT2D eigenvalue weighted by Crippen LogP contribution is 2.11. The number of rotatable bonds is 3. The number of hydrogen-bond acceptors (Lipinski definition) is 5. The van der Waals surface area contributed by atoms with Gasteiger partial charge in [0, 0.05) is 25.0 Å². The molecule has 0 amide bonds. The summed E-state index contributed by atoms with van der Waals surface area (Å²) in [6.45, 7) is 4.64. The Hall–Kier alpha value is -0.950. The highest BCUT2D eigenvalue weighted by atomic mass is 32.2. The lowest BCUT2D eigenvalue weighted by molar-refractivity contribution is 0.487. The molecule has 0 bridgehead atoms. The average Bonchev–Trinajstić information content (AvgIpc) is 2.64. The highest BCUT2D eigenvalue weighted by Gasteiger charge is 2.25. The van der Waals surface area contributed by atoms with Gasteiger partial charge < -0.3 is 9.88 Å². The van der Waals surface area contributed by atoms with Crippen molar-refractivity contribution in [2.24, 2.45) is 0 Å². The molecule has 0 aromatic carbocycles. The van der Waals surface area contributed by atoms with E-state index in [9.17, 15) is 8.42 Å². The Kier molecular flexibility index (Phi) is 3.48. The van der Waals surface area contributed by atoms with E-state index in [-0.39, 0.29) is 17.5 Å². The van der Waals surface area contributed by atoms with E-state index in [1.807, 2.05) is 4.57 Å². The van der Waals surface area contributed by atoms with Crippen LogP contribution in [0.15, 0.2) is 6.33 Å². The summed E-state index contributed by atoms with van der Waals surface area (Å²) in [7, 11) is -2.89. The standard InChI is InChI=1S/C10H18N4O2S/c1-8(2)14-7-12-13-10(14)5-9-6-17(15,16)4-3-11-9/h7-9,11H,3-6H2,1-2H3. The second-order valence-electron chi connectivity index (χ2n) is 4.72. The first-order valence-corrected chi connectivity index (χ1v) is 7.62. The van der Waals surface area contributed by atoms with Crippen LogP contribution in [0.3, 0.4) is 0 Å². The van der Waals surface area contributed by atoms with E-state index < -0.39 is 9.84 Å². The Morgan fingerprint density at radius 1 is 1.59 bits per heavy atom. The molecule has 1 aliphatic rings. The third-order valence-corrected chi connectivity index (χ3v) is 4.67. The molecule has 0 saturated carbocycles. The monoisotopic (exact) mass is 258 g/mol. The van der Waals surface area contributed by atoms with E-state index in [1.54, 1.807) is 6.33 Å². The van der Waals surface area contributed by atoms with Gasteiger partial charge in [0.05, 0.1) is 11.5 Å². The van der Waals surface area contributed by atoms with Crippen molar-refractivity contribution >= 4 is 9.84 Å². The third-order valence-electron chi connectivity index (χ3n) is 2.93. The molecule has 1 fully saturated rings. The molecule has 6 nitrogen and oxygen atoms in total. The van der Waals surface area contributed by atoms with E-state index in [4.69, 9.17) is 0 Å². The first-order valence-electron chi connectivity index (χ1n) is 5.80. The number of sulfone groups is 1. The molecule has 17 heavy (non-hydrogen) atoms. The molecule has 0 spiro atoms. The summed E-state index contributed by atoms with van der Waals surface area (Å²) in [5, 5.41) is 11.2. The lowest BCUT2D eigenvalue weighted by Gasteiger charge is -2.23. The summed E-state index contributed by atoms with van der Waals surface area (Å²) in [4.78, 5) is 0. The number of aromatic nitrogens is 3. The molecule has 1 saturated heterocycles. The molecule has 96 valence electrons. The van der Waals surface area contributed by atoms with Gasteiger partial charge in [-0.15, -0.1) is 10.2 Å². The van der Waals surface area contributed by atoms with Crippen LogP contribution in [0.1, 0.15) is 25.7 Å². The molecule has 2 rings (SSSR count). The molecular formula is C10H18N4O2S. The average molecular weight is 258 g/mol. The van der Waals surface area contributed by atoms with Crippen LogP contribution in [0.4, 0.5) is 0 Å². The van der Waals surface area contributed by atoms with Gasteiger partial charge >= 0.3 is 0 Å². The molecule has 1 unspecified atom stereocenters. The molecule has 2 heterocycles. The van der Waals surface area contributed by atoms with E-state index in [2.05, 4.69) is 29.4 Å². The van der Waals surface area contributed by atoms with Gasteiger partial charge in [0.25, 0.3) is 0 Å². The Morgan fingerprint density at radius 2 is 2.35 bits per heavy atom. The Labute approximate surface area is 101 Å². The predicted octanol–water partition coefficient (Wildman–Crippen LogP) is -0.212. The lowest BCUT2D eigenvalue weighted by atomic mass is 10.2. The summed E-state index contributed by atoms with van der Waals surface area (Å²) in [5.41, 5.74) is 0. The van der Waals surface area contributed by atoms with E-state index in [0.717, 1.165) is 5.82 Å². The zero-order valence-corrected chi connectivity index (χ0v) is 10.9. The van der Waals surface area contributed by atoms with Gasteiger partial charge in [0.2, 0.25) is 0 Å². The van der Waals surface area contributed by atoms with E-state index >= 15 is 0 Å². The normalized spacial score (nSPS) is 24.1. The summed E-state index contributed by atoms with van der Waals surface area (Å²) < 4.78 is 25.0. The highest BCUT2D eigenvalue weighted by molar-refractivity contribution is 7.91. The zero-order valence-electron chi connectivity index (χ0n) is 10.1. The molecular weight excluding hydrogens is 240 g/mol. The van der Waals surface area contributed by atoms with Crippen LogP contribution in [0.2, 0.25) is 0 Å². The van der Waals surface area contributed by atoms with Crippen molar-refractivity contribution in [3.8, 4) is 0 Å². The van der Waals surface area contributed by atoms with Gasteiger partial charge in [-0.1, -0.05) is 0 Å². The van der Waals surface area contributed by atoms with Crippen molar-refractivity contribution in [3.05, 3.63) is 12.2 Å². The zero-order chi connectivity index (χ0) is 12.5. The van der Waals surface area contributed by atoms with Crippen molar-refractivity contribution in [3.63, 3.8) is 0 Å². The maximum absolute atomic E-state index is 11.5. The summed E-state index contributed by atoms with van der Waals surface area (Å²) in [5.74, 6) is 1.27. The van der Waals surface area contributed by atoms with Gasteiger partial charge in [-0.3, -0.25) is 0 Å². The fourth-order valence-corrected chi connectivity index (χ4v) is 3.51. The van der Waals surface area contributed by atoms with Crippen LogP contribution in [0, 0.1) is 0 Å². The van der Waals surface area contributed by atoms with Crippen LogP contribution in [-0.4, -0.2) is 47.3 Å². The van der Waals surface area contributed by atoms with Crippen LogP contribution < -0.4 is 5.32 Å². The molecule has 1 aliphatic heterocycles. The van der Waals surface area contributed by atoms with Crippen molar-refractivity contribution in [2.45, 2.75) is 32.4 Å².